The first kappa shape index (κ1) is 27.2. The second kappa shape index (κ2) is 10.7. The van der Waals surface area contributed by atoms with Crippen LogP contribution in [0.5, 0.6) is 0 Å². The van der Waals surface area contributed by atoms with Crippen molar-refractivity contribution < 1.29 is 32.5 Å². The minimum absolute atomic E-state index is 0.0695. The maximum Gasteiger partial charge on any atom is 0.359 e. The normalized spacial score (nSPS) is 16.5. The third kappa shape index (κ3) is 6.65. The molecule has 1 saturated heterocycles. The van der Waals surface area contributed by atoms with Crippen molar-refractivity contribution in [1.29, 1.82) is 0 Å². The van der Waals surface area contributed by atoms with Crippen LogP contribution in [0.3, 0.4) is 0 Å². The second-order valence-corrected chi connectivity index (χ2v) is 15.7. The highest BCUT2D eigenvalue weighted by Gasteiger charge is 2.38. The van der Waals surface area contributed by atoms with E-state index in [0.717, 1.165) is 12.1 Å². The lowest BCUT2D eigenvalue weighted by molar-refractivity contribution is 0.0257. The number of esters is 1. The molecule has 1 unspecified atom stereocenters. The molecule has 1 N–H and O–H groups in total. The molecular weight excluding hydrogens is 479 g/mol. The maximum atomic E-state index is 15.1. The third-order valence-corrected chi connectivity index (χ3v) is 7.72. The van der Waals surface area contributed by atoms with Crippen molar-refractivity contribution in [1.82, 2.24) is 9.78 Å². The van der Waals surface area contributed by atoms with Crippen LogP contribution < -0.4 is 4.90 Å². The summed E-state index contributed by atoms with van der Waals surface area (Å²) < 4.78 is 54.5. The Morgan fingerprint density at radius 2 is 2.03 bits per heavy atom. The van der Waals surface area contributed by atoms with Gasteiger partial charge in [-0.3, -0.25) is 0 Å². The number of alkyl halides is 2. The number of rotatable bonds is 10. The Morgan fingerprint density at radius 3 is 2.60 bits per heavy atom. The van der Waals surface area contributed by atoms with Crippen molar-refractivity contribution in [2.75, 3.05) is 31.2 Å². The summed E-state index contributed by atoms with van der Waals surface area (Å²) in [6.07, 6.45) is -1.81. The van der Waals surface area contributed by atoms with Crippen LogP contribution in [0, 0.1) is 12.7 Å². The number of aliphatic hydroxyl groups excluding tert-OH is 1. The SMILES string of the molecule is CCOC(=O)c1nn(COCC[Si](C)(C)C)c(C)c1C(O)c1ccc(N2CCC(F)(F)C2)cc1F. The third-order valence-electron chi connectivity index (χ3n) is 6.02. The Balaban J connectivity index is 1.87. The highest BCUT2D eigenvalue weighted by Crippen LogP contribution is 2.35. The van der Waals surface area contributed by atoms with Gasteiger partial charge in [-0.1, -0.05) is 25.7 Å². The predicted molar refractivity (Wildman–Crippen MR) is 129 cm³/mol. The van der Waals surface area contributed by atoms with Crippen LogP contribution in [-0.4, -0.2) is 61.2 Å². The topological polar surface area (TPSA) is 76.8 Å². The molecule has 194 valence electrons. The zero-order chi connectivity index (χ0) is 26.0. The van der Waals surface area contributed by atoms with Gasteiger partial charge >= 0.3 is 5.97 Å². The minimum Gasteiger partial charge on any atom is -0.461 e. The zero-order valence-electron chi connectivity index (χ0n) is 20.9. The molecular formula is C24H34F3N3O4Si. The van der Waals surface area contributed by atoms with Crippen molar-refractivity contribution >= 4 is 19.7 Å². The Kier molecular flexibility index (Phi) is 8.33. The first-order valence-electron chi connectivity index (χ1n) is 11.8. The number of halogens is 3. The van der Waals surface area contributed by atoms with Gasteiger partial charge in [0.1, 0.15) is 18.7 Å². The van der Waals surface area contributed by atoms with E-state index < -0.39 is 38.4 Å². The molecule has 0 bridgehead atoms. The second-order valence-electron chi connectivity index (χ2n) is 10.1. The van der Waals surface area contributed by atoms with Crippen molar-refractivity contribution in [3.05, 3.63) is 46.5 Å². The lowest BCUT2D eigenvalue weighted by atomic mass is 9.98. The maximum absolute atomic E-state index is 15.1. The highest BCUT2D eigenvalue weighted by molar-refractivity contribution is 6.76. The van der Waals surface area contributed by atoms with E-state index in [4.69, 9.17) is 9.47 Å². The van der Waals surface area contributed by atoms with Gasteiger partial charge in [0.15, 0.2) is 5.69 Å². The summed E-state index contributed by atoms with van der Waals surface area (Å²) in [6, 6.07) is 4.92. The van der Waals surface area contributed by atoms with Gasteiger partial charge in [0.25, 0.3) is 5.92 Å². The molecule has 0 saturated carbocycles. The van der Waals surface area contributed by atoms with Crippen molar-refractivity contribution in [3.8, 4) is 0 Å². The lowest BCUT2D eigenvalue weighted by Crippen LogP contribution is -2.25. The number of aromatic nitrogens is 2. The number of hydrogen-bond donors (Lipinski definition) is 1. The van der Waals surface area contributed by atoms with E-state index in [1.807, 2.05) is 0 Å². The quantitative estimate of drug-likeness (QED) is 0.281. The van der Waals surface area contributed by atoms with E-state index in [1.54, 1.807) is 13.8 Å². The molecule has 2 heterocycles. The van der Waals surface area contributed by atoms with E-state index in [2.05, 4.69) is 24.7 Å². The summed E-state index contributed by atoms with van der Waals surface area (Å²) in [5.41, 5.74) is 0.665. The predicted octanol–water partition coefficient (Wildman–Crippen LogP) is 4.75. The molecule has 35 heavy (non-hydrogen) atoms. The first-order chi connectivity index (χ1) is 16.3. The summed E-state index contributed by atoms with van der Waals surface area (Å²) in [5.74, 6) is -4.31. The molecule has 2 aromatic rings. The van der Waals surface area contributed by atoms with Crippen LogP contribution in [-0.2, 0) is 16.2 Å². The molecule has 1 atom stereocenters. The largest absolute Gasteiger partial charge is 0.461 e. The molecule has 11 heteroatoms. The van der Waals surface area contributed by atoms with E-state index in [0.29, 0.717) is 18.0 Å². The van der Waals surface area contributed by atoms with Gasteiger partial charge in [0, 0.05) is 50.2 Å². The Labute approximate surface area is 204 Å². The number of benzene rings is 1. The molecule has 0 aliphatic carbocycles. The average molecular weight is 514 g/mol. The fourth-order valence-corrected chi connectivity index (χ4v) is 4.70. The van der Waals surface area contributed by atoms with Crippen LogP contribution in [0.4, 0.5) is 18.9 Å². The number of aliphatic hydroxyl groups is 1. The molecule has 1 aromatic heterocycles. The molecule has 1 aliphatic heterocycles. The number of ether oxygens (including phenoxy) is 2. The van der Waals surface area contributed by atoms with E-state index in [-0.39, 0.29) is 43.1 Å². The van der Waals surface area contributed by atoms with Gasteiger partial charge in [-0.25, -0.2) is 22.6 Å². The monoisotopic (exact) mass is 513 g/mol. The number of carbonyl (C=O) groups excluding carboxylic acids is 1. The number of anilines is 1. The molecule has 1 aliphatic rings. The van der Waals surface area contributed by atoms with Crippen molar-refractivity contribution in [2.45, 2.75) is 64.7 Å². The molecule has 0 spiro atoms. The molecule has 1 aromatic carbocycles. The fraction of sp³-hybridized carbons (Fsp3) is 0.583. The molecule has 7 nitrogen and oxygen atoms in total. The summed E-state index contributed by atoms with van der Waals surface area (Å²) in [5, 5.41) is 15.4. The van der Waals surface area contributed by atoms with Crippen molar-refractivity contribution in [2.24, 2.45) is 0 Å². The molecule has 0 amide bonds. The summed E-state index contributed by atoms with van der Waals surface area (Å²) in [6.45, 7) is 10.4. The van der Waals surface area contributed by atoms with E-state index in [9.17, 15) is 18.7 Å². The van der Waals surface area contributed by atoms with Gasteiger partial charge in [-0.15, -0.1) is 0 Å². The van der Waals surface area contributed by atoms with Crippen molar-refractivity contribution in [3.63, 3.8) is 0 Å². The summed E-state index contributed by atoms with van der Waals surface area (Å²) in [4.78, 5) is 14.0. The van der Waals surface area contributed by atoms with E-state index >= 15 is 4.39 Å². The standard InChI is InChI=1S/C24H34F3N3O4Si/c1-6-34-23(32)21-20(16(2)30(28-21)15-33-11-12-35(3,4)5)22(31)18-8-7-17(13-19(18)25)29-10-9-24(26,27)14-29/h7-8,13,22,31H,6,9-12,14-15H2,1-5H3. The number of carbonyl (C=O) groups is 1. The summed E-state index contributed by atoms with van der Waals surface area (Å²) in [7, 11) is -1.29. The molecule has 1 fully saturated rings. The van der Waals surface area contributed by atoms with Crippen LogP contribution in [0.25, 0.3) is 0 Å². The smallest absolute Gasteiger partial charge is 0.359 e. The Bertz CT molecular complexity index is 1060. The number of hydrogen-bond acceptors (Lipinski definition) is 6. The minimum atomic E-state index is -2.81. The summed E-state index contributed by atoms with van der Waals surface area (Å²) >= 11 is 0. The van der Waals surface area contributed by atoms with Crippen LogP contribution in [0.2, 0.25) is 25.7 Å². The fourth-order valence-electron chi connectivity index (χ4n) is 3.94. The Hall–Kier alpha value is -2.37. The van der Waals surface area contributed by atoms with Gasteiger partial charge in [0.2, 0.25) is 0 Å². The van der Waals surface area contributed by atoms with E-state index in [1.165, 1.54) is 21.7 Å². The zero-order valence-corrected chi connectivity index (χ0v) is 21.9. The van der Waals surface area contributed by atoms with Gasteiger partial charge in [0.05, 0.1) is 13.2 Å². The molecule has 3 rings (SSSR count). The molecule has 0 radical (unpaired) electrons. The van der Waals surface area contributed by atoms with Crippen LogP contribution in [0.1, 0.15) is 46.8 Å². The van der Waals surface area contributed by atoms with Gasteiger partial charge < -0.3 is 19.5 Å². The van der Waals surface area contributed by atoms with Crippen LogP contribution in [0.15, 0.2) is 18.2 Å². The Morgan fingerprint density at radius 1 is 1.31 bits per heavy atom. The highest BCUT2D eigenvalue weighted by atomic mass is 28.3. The number of nitrogens with zero attached hydrogens (tertiary/aromatic N) is 3. The first-order valence-corrected chi connectivity index (χ1v) is 15.5. The van der Waals surface area contributed by atoms with Crippen LogP contribution >= 0.6 is 0 Å². The lowest BCUT2D eigenvalue weighted by Gasteiger charge is -2.20. The average Bonchev–Trinajstić information content (AvgIpc) is 3.29. The van der Waals surface area contributed by atoms with Gasteiger partial charge in [-0.2, -0.15) is 5.10 Å². The van der Waals surface area contributed by atoms with Gasteiger partial charge in [-0.05, 0) is 32.0 Å².